The van der Waals surface area contributed by atoms with Crippen LogP contribution in [0.4, 0.5) is 0 Å². The molecule has 0 aliphatic heterocycles. The highest BCUT2D eigenvalue weighted by Gasteiger charge is 2.17. The van der Waals surface area contributed by atoms with Crippen LogP contribution in [0.5, 0.6) is 0 Å². The quantitative estimate of drug-likeness (QED) is 0.574. The average molecular weight is 171 g/mol. The molecular weight excluding hydrogens is 150 g/mol. The molecule has 0 aromatic heterocycles. The van der Waals surface area contributed by atoms with Gasteiger partial charge in [0, 0.05) is 0 Å². The molecule has 11 heavy (non-hydrogen) atoms. The summed E-state index contributed by atoms with van der Waals surface area (Å²) in [5, 5.41) is 0. The molecular formula is C9H21NSi. The first-order valence-corrected chi connectivity index (χ1v) is 7.62. The molecule has 0 aliphatic rings. The molecule has 0 aromatic carbocycles. The van der Waals surface area contributed by atoms with Gasteiger partial charge in [0.25, 0.3) is 0 Å². The van der Waals surface area contributed by atoms with Gasteiger partial charge in [-0.2, -0.15) is 0 Å². The van der Waals surface area contributed by atoms with Crippen LogP contribution < -0.4 is 0 Å². The first-order valence-electron chi connectivity index (χ1n) is 4.34. The number of nitrogens with zero attached hydrogens (tertiary/aromatic N) is 1. The predicted molar refractivity (Wildman–Crippen MR) is 55.5 cm³/mol. The molecule has 0 saturated heterocycles. The van der Waals surface area contributed by atoms with E-state index in [1.54, 1.807) is 0 Å². The van der Waals surface area contributed by atoms with E-state index >= 15 is 0 Å². The van der Waals surface area contributed by atoms with E-state index in [-0.39, 0.29) is 0 Å². The fraction of sp³-hybridized carbons (Fsp3) is 0.778. The van der Waals surface area contributed by atoms with E-state index in [0.29, 0.717) is 0 Å². The van der Waals surface area contributed by atoms with E-state index < -0.39 is 8.07 Å². The molecule has 0 aromatic rings. The van der Waals surface area contributed by atoms with Crippen LogP contribution in [0, 0.1) is 0 Å². The second kappa shape index (κ2) is 4.73. The van der Waals surface area contributed by atoms with Crippen molar-refractivity contribution in [2.24, 2.45) is 0 Å². The van der Waals surface area contributed by atoms with E-state index in [4.69, 9.17) is 0 Å². The largest absolute Gasteiger partial charge is 0.309 e. The topological polar surface area (TPSA) is 3.24 Å². The smallest absolute Gasteiger partial charge is 0.0854 e. The van der Waals surface area contributed by atoms with Gasteiger partial charge in [-0.15, -0.1) is 12.3 Å². The lowest BCUT2D eigenvalue weighted by Crippen LogP contribution is -2.39. The first kappa shape index (κ1) is 10.9. The Labute approximate surface area is 72.1 Å². The van der Waals surface area contributed by atoms with Gasteiger partial charge in [0.2, 0.25) is 0 Å². The van der Waals surface area contributed by atoms with E-state index in [2.05, 4.69) is 44.2 Å². The average Bonchev–Trinajstić information content (AvgIpc) is 1.87. The summed E-state index contributed by atoms with van der Waals surface area (Å²) in [4.78, 5) is 2.41. The number of rotatable bonds is 5. The van der Waals surface area contributed by atoms with Crippen molar-refractivity contribution in [3.05, 3.63) is 12.3 Å². The molecule has 0 N–H and O–H groups in total. The van der Waals surface area contributed by atoms with Crippen LogP contribution in [-0.2, 0) is 0 Å². The number of hydrogen-bond acceptors (Lipinski definition) is 1. The van der Waals surface area contributed by atoms with Crippen molar-refractivity contribution < 1.29 is 0 Å². The SMILES string of the molecule is C=C[Si](C)(C)CN(C)CCC. The number of hydrogen-bond donors (Lipinski definition) is 0. The van der Waals surface area contributed by atoms with Gasteiger partial charge in [-0.1, -0.05) is 20.0 Å². The first-order chi connectivity index (χ1) is 5.02. The Hall–Kier alpha value is -0.0831. The minimum atomic E-state index is -1.09. The summed E-state index contributed by atoms with van der Waals surface area (Å²) in [6, 6.07) is 0. The van der Waals surface area contributed by atoms with Crippen molar-refractivity contribution in [2.45, 2.75) is 26.4 Å². The van der Waals surface area contributed by atoms with Crippen LogP contribution >= 0.6 is 0 Å². The third-order valence-electron chi connectivity index (χ3n) is 1.84. The van der Waals surface area contributed by atoms with Crippen LogP contribution in [0.2, 0.25) is 13.1 Å². The van der Waals surface area contributed by atoms with E-state index in [1.807, 2.05) is 0 Å². The molecule has 0 amide bonds. The molecule has 0 atom stereocenters. The predicted octanol–water partition coefficient (Wildman–Crippen LogP) is 2.30. The zero-order valence-corrected chi connectivity index (χ0v) is 9.35. The Morgan fingerprint density at radius 1 is 1.45 bits per heavy atom. The molecule has 0 heterocycles. The molecule has 0 radical (unpaired) electrons. The Balaban J connectivity index is 3.72. The van der Waals surface area contributed by atoms with Crippen LogP contribution in [0.25, 0.3) is 0 Å². The Kier molecular flexibility index (Phi) is 4.69. The summed E-state index contributed by atoms with van der Waals surface area (Å²) in [5.41, 5.74) is 2.17. The minimum Gasteiger partial charge on any atom is -0.309 e. The van der Waals surface area contributed by atoms with Crippen LogP contribution in [0.1, 0.15) is 13.3 Å². The maximum atomic E-state index is 3.88. The Bertz CT molecular complexity index is 121. The van der Waals surface area contributed by atoms with Gasteiger partial charge >= 0.3 is 0 Å². The molecule has 66 valence electrons. The van der Waals surface area contributed by atoms with Crippen molar-refractivity contribution in [3.63, 3.8) is 0 Å². The highest BCUT2D eigenvalue weighted by molar-refractivity contribution is 6.82. The molecule has 2 heteroatoms. The van der Waals surface area contributed by atoms with Gasteiger partial charge < -0.3 is 4.90 Å². The molecule has 0 aliphatic carbocycles. The monoisotopic (exact) mass is 171 g/mol. The van der Waals surface area contributed by atoms with Crippen molar-refractivity contribution in [1.82, 2.24) is 4.90 Å². The summed E-state index contributed by atoms with van der Waals surface area (Å²) in [6.07, 6.45) is 2.49. The fourth-order valence-electron chi connectivity index (χ4n) is 1.22. The van der Waals surface area contributed by atoms with Crippen LogP contribution in [0.3, 0.4) is 0 Å². The summed E-state index contributed by atoms with van der Waals surface area (Å²) >= 11 is 0. The third kappa shape index (κ3) is 5.22. The van der Waals surface area contributed by atoms with Crippen LogP contribution in [-0.4, -0.2) is 32.7 Å². The second-order valence-electron chi connectivity index (χ2n) is 3.93. The Morgan fingerprint density at radius 2 is 2.00 bits per heavy atom. The van der Waals surface area contributed by atoms with Crippen molar-refractivity contribution in [3.8, 4) is 0 Å². The Morgan fingerprint density at radius 3 is 2.36 bits per heavy atom. The molecule has 0 fully saturated rings. The van der Waals surface area contributed by atoms with Crippen molar-refractivity contribution >= 4 is 8.07 Å². The standard InChI is InChI=1S/C9H21NSi/c1-6-8-10(3)9-11(4,5)7-2/h7H,2,6,8-9H2,1,3-5H3. The molecule has 0 unspecified atom stereocenters. The summed E-state index contributed by atoms with van der Waals surface area (Å²) in [7, 11) is 1.11. The van der Waals surface area contributed by atoms with E-state index in [1.165, 1.54) is 19.1 Å². The summed E-state index contributed by atoms with van der Waals surface area (Å²) in [6.45, 7) is 12.0. The van der Waals surface area contributed by atoms with Gasteiger partial charge in [0.15, 0.2) is 0 Å². The van der Waals surface area contributed by atoms with E-state index in [0.717, 1.165) is 0 Å². The van der Waals surface area contributed by atoms with E-state index in [9.17, 15) is 0 Å². The highest BCUT2D eigenvalue weighted by Crippen LogP contribution is 2.04. The van der Waals surface area contributed by atoms with Gasteiger partial charge in [-0.25, -0.2) is 0 Å². The third-order valence-corrected chi connectivity index (χ3v) is 4.30. The van der Waals surface area contributed by atoms with Crippen LogP contribution in [0.15, 0.2) is 12.3 Å². The van der Waals surface area contributed by atoms with Gasteiger partial charge in [0.1, 0.15) is 0 Å². The molecule has 1 nitrogen and oxygen atoms in total. The molecule has 0 rings (SSSR count). The maximum Gasteiger partial charge on any atom is 0.0854 e. The zero-order chi connectivity index (χ0) is 8.91. The van der Waals surface area contributed by atoms with Gasteiger partial charge in [-0.3, -0.25) is 0 Å². The van der Waals surface area contributed by atoms with Crippen molar-refractivity contribution in [1.29, 1.82) is 0 Å². The fourth-order valence-corrected chi connectivity index (χ4v) is 2.90. The molecule has 0 spiro atoms. The van der Waals surface area contributed by atoms with Crippen molar-refractivity contribution in [2.75, 3.05) is 19.8 Å². The van der Waals surface area contributed by atoms with Gasteiger partial charge in [0.05, 0.1) is 8.07 Å². The minimum absolute atomic E-state index is 1.09. The normalized spacial score (nSPS) is 12.1. The molecule has 0 saturated carbocycles. The van der Waals surface area contributed by atoms with Gasteiger partial charge in [-0.05, 0) is 26.2 Å². The summed E-state index contributed by atoms with van der Waals surface area (Å²) in [5.74, 6) is 0. The highest BCUT2D eigenvalue weighted by atomic mass is 28.3. The lowest BCUT2D eigenvalue weighted by atomic mass is 10.5. The zero-order valence-electron chi connectivity index (χ0n) is 8.35. The lowest BCUT2D eigenvalue weighted by Gasteiger charge is -2.25. The second-order valence-corrected chi connectivity index (χ2v) is 8.63. The maximum absolute atomic E-state index is 3.88. The lowest BCUT2D eigenvalue weighted by molar-refractivity contribution is 0.383. The molecule has 0 bridgehead atoms. The summed E-state index contributed by atoms with van der Waals surface area (Å²) < 4.78 is 0.